The highest BCUT2D eigenvalue weighted by atomic mass is 19.1. The van der Waals surface area contributed by atoms with Gasteiger partial charge in [-0.25, -0.2) is 4.39 Å². The smallest absolute Gasteiger partial charge is 0.243 e. The number of halogens is 1. The third-order valence-corrected chi connectivity index (χ3v) is 3.50. The normalized spacial score (nSPS) is 9.85. The average Bonchev–Trinajstić information content (AvgIpc) is 2.65. The fraction of sp³-hybridized carbons (Fsp3) is 0.150. The number of nitrogens with one attached hydrogen (secondary N) is 2. The SMILES string of the molecule is C#Cc1cccc(NC(=O)CNC(=O)CCC(=O)c2ccc(F)cc2)c1. The van der Waals surface area contributed by atoms with Crippen molar-refractivity contribution in [1.29, 1.82) is 0 Å². The Bertz CT molecular complexity index is 854. The maximum absolute atomic E-state index is 12.8. The molecule has 5 nitrogen and oxygen atoms in total. The lowest BCUT2D eigenvalue weighted by Crippen LogP contribution is -2.33. The molecule has 2 rings (SSSR count). The molecule has 0 aliphatic rings. The number of benzene rings is 2. The van der Waals surface area contributed by atoms with E-state index in [9.17, 15) is 18.8 Å². The molecule has 0 spiro atoms. The predicted octanol–water partition coefficient (Wildman–Crippen LogP) is 2.52. The molecule has 0 unspecified atom stereocenters. The summed E-state index contributed by atoms with van der Waals surface area (Å²) in [6.45, 7) is -0.218. The van der Waals surface area contributed by atoms with E-state index in [2.05, 4.69) is 16.6 Å². The summed E-state index contributed by atoms with van der Waals surface area (Å²) in [5, 5.41) is 5.06. The molecular formula is C20H17FN2O3. The molecule has 2 aromatic rings. The van der Waals surface area contributed by atoms with Crippen molar-refractivity contribution in [3.8, 4) is 12.3 Å². The maximum atomic E-state index is 12.8. The van der Waals surface area contributed by atoms with Crippen LogP contribution in [-0.4, -0.2) is 24.1 Å². The van der Waals surface area contributed by atoms with Crippen LogP contribution >= 0.6 is 0 Å². The number of carbonyl (C=O) groups is 3. The lowest BCUT2D eigenvalue weighted by atomic mass is 10.1. The zero-order valence-electron chi connectivity index (χ0n) is 13.9. The Hall–Kier alpha value is -3.46. The average molecular weight is 352 g/mol. The fourth-order valence-corrected chi connectivity index (χ4v) is 2.17. The van der Waals surface area contributed by atoms with Crippen LogP contribution in [0.5, 0.6) is 0 Å². The molecule has 0 radical (unpaired) electrons. The summed E-state index contributed by atoms with van der Waals surface area (Å²) in [6.07, 6.45) is 5.21. The second-order valence-electron chi connectivity index (χ2n) is 5.48. The number of anilines is 1. The van der Waals surface area contributed by atoms with Crippen molar-refractivity contribution in [2.75, 3.05) is 11.9 Å². The van der Waals surface area contributed by atoms with E-state index >= 15 is 0 Å². The van der Waals surface area contributed by atoms with E-state index in [-0.39, 0.29) is 25.2 Å². The first-order valence-electron chi connectivity index (χ1n) is 7.90. The number of ketones is 1. The fourth-order valence-electron chi connectivity index (χ4n) is 2.17. The molecule has 26 heavy (non-hydrogen) atoms. The third kappa shape index (κ3) is 5.87. The van der Waals surface area contributed by atoms with Gasteiger partial charge < -0.3 is 10.6 Å². The number of carbonyl (C=O) groups excluding carboxylic acids is 3. The van der Waals surface area contributed by atoms with Crippen LogP contribution in [0, 0.1) is 18.2 Å². The van der Waals surface area contributed by atoms with Crippen LogP contribution in [0.3, 0.4) is 0 Å². The standard InChI is InChI=1S/C20H17FN2O3/c1-2-14-4-3-5-17(12-14)23-20(26)13-22-19(25)11-10-18(24)15-6-8-16(21)9-7-15/h1,3-9,12H,10-11,13H2,(H,22,25)(H,23,26). The van der Waals surface area contributed by atoms with E-state index < -0.39 is 17.6 Å². The number of Topliss-reactive ketones (excluding diaryl/α,β-unsaturated/α-hetero) is 1. The Morgan fingerprint density at radius 3 is 2.42 bits per heavy atom. The molecule has 132 valence electrons. The van der Waals surface area contributed by atoms with Crippen molar-refractivity contribution >= 4 is 23.3 Å². The molecule has 0 bridgehead atoms. The van der Waals surface area contributed by atoms with E-state index in [1.807, 2.05) is 0 Å². The molecule has 0 aliphatic heterocycles. The van der Waals surface area contributed by atoms with Gasteiger partial charge in [-0.05, 0) is 42.5 Å². The van der Waals surface area contributed by atoms with Gasteiger partial charge >= 0.3 is 0 Å². The van der Waals surface area contributed by atoms with Gasteiger partial charge in [0.1, 0.15) is 5.82 Å². The van der Waals surface area contributed by atoms with E-state index in [0.29, 0.717) is 16.8 Å². The summed E-state index contributed by atoms with van der Waals surface area (Å²) in [6, 6.07) is 11.9. The molecule has 2 amide bonds. The maximum Gasteiger partial charge on any atom is 0.243 e. The quantitative estimate of drug-likeness (QED) is 0.594. The Balaban J connectivity index is 1.74. The summed E-state index contributed by atoms with van der Waals surface area (Å²) in [5.74, 6) is 0.932. The zero-order valence-corrected chi connectivity index (χ0v) is 13.9. The number of amides is 2. The minimum absolute atomic E-state index is 0.0245. The van der Waals surface area contributed by atoms with Crippen LogP contribution in [-0.2, 0) is 9.59 Å². The van der Waals surface area contributed by atoms with Gasteiger partial charge in [-0.15, -0.1) is 6.42 Å². The van der Waals surface area contributed by atoms with Gasteiger partial charge in [0.05, 0.1) is 6.54 Å². The van der Waals surface area contributed by atoms with Crippen molar-refractivity contribution in [1.82, 2.24) is 5.32 Å². The van der Waals surface area contributed by atoms with Crippen LogP contribution in [0.25, 0.3) is 0 Å². The first kappa shape index (κ1) is 18.9. The molecule has 6 heteroatoms. The molecule has 0 aromatic heterocycles. The van der Waals surface area contributed by atoms with Gasteiger partial charge in [-0.2, -0.15) is 0 Å². The number of terminal acetylenes is 1. The molecular weight excluding hydrogens is 335 g/mol. The summed E-state index contributed by atoms with van der Waals surface area (Å²) >= 11 is 0. The van der Waals surface area contributed by atoms with Crippen molar-refractivity contribution in [3.05, 3.63) is 65.5 Å². The first-order chi connectivity index (χ1) is 12.5. The van der Waals surface area contributed by atoms with E-state index in [4.69, 9.17) is 6.42 Å². The van der Waals surface area contributed by atoms with Crippen molar-refractivity contribution in [3.63, 3.8) is 0 Å². The molecule has 0 aliphatic carbocycles. The summed E-state index contributed by atoms with van der Waals surface area (Å²) in [5.41, 5.74) is 1.50. The van der Waals surface area contributed by atoms with Crippen LogP contribution in [0.15, 0.2) is 48.5 Å². The second-order valence-corrected chi connectivity index (χ2v) is 5.48. The summed E-state index contributed by atoms with van der Waals surface area (Å²) in [7, 11) is 0. The third-order valence-electron chi connectivity index (χ3n) is 3.50. The Labute approximate surface area is 150 Å². The van der Waals surface area contributed by atoms with Crippen LogP contribution < -0.4 is 10.6 Å². The zero-order chi connectivity index (χ0) is 18.9. The molecule has 0 saturated heterocycles. The largest absolute Gasteiger partial charge is 0.347 e. The van der Waals surface area contributed by atoms with Crippen LogP contribution in [0.1, 0.15) is 28.8 Å². The number of hydrogen-bond donors (Lipinski definition) is 2. The Morgan fingerprint density at radius 2 is 1.73 bits per heavy atom. The highest BCUT2D eigenvalue weighted by molar-refractivity contribution is 5.98. The topological polar surface area (TPSA) is 75.3 Å². The Kier molecular flexibility index (Phi) is 6.63. The minimum Gasteiger partial charge on any atom is -0.347 e. The van der Waals surface area contributed by atoms with Gasteiger partial charge in [0.15, 0.2) is 5.78 Å². The minimum atomic E-state index is -0.432. The van der Waals surface area contributed by atoms with Gasteiger partial charge in [-0.3, -0.25) is 14.4 Å². The van der Waals surface area contributed by atoms with E-state index in [0.717, 1.165) is 0 Å². The molecule has 2 aromatic carbocycles. The van der Waals surface area contributed by atoms with Crippen molar-refractivity contribution in [2.45, 2.75) is 12.8 Å². The number of rotatable bonds is 7. The van der Waals surface area contributed by atoms with Crippen LogP contribution in [0.2, 0.25) is 0 Å². The first-order valence-corrected chi connectivity index (χ1v) is 7.90. The molecule has 0 saturated carbocycles. The predicted molar refractivity (Wildman–Crippen MR) is 96.0 cm³/mol. The van der Waals surface area contributed by atoms with Gasteiger partial charge in [0.25, 0.3) is 0 Å². The lowest BCUT2D eigenvalue weighted by Gasteiger charge is -2.07. The molecule has 0 fully saturated rings. The molecule has 2 N–H and O–H groups in total. The van der Waals surface area contributed by atoms with E-state index in [1.54, 1.807) is 24.3 Å². The van der Waals surface area contributed by atoms with Gasteiger partial charge in [0, 0.05) is 29.7 Å². The summed E-state index contributed by atoms with van der Waals surface area (Å²) < 4.78 is 12.8. The van der Waals surface area contributed by atoms with Crippen molar-refractivity contribution in [2.24, 2.45) is 0 Å². The highest BCUT2D eigenvalue weighted by Crippen LogP contribution is 2.09. The summed E-state index contributed by atoms with van der Waals surface area (Å²) in [4.78, 5) is 35.5. The number of hydrogen-bond acceptors (Lipinski definition) is 3. The second kappa shape index (κ2) is 9.14. The van der Waals surface area contributed by atoms with Gasteiger partial charge in [0.2, 0.25) is 11.8 Å². The Morgan fingerprint density at radius 1 is 1.00 bits per heavy atom. The molecule has 0 heterocycles. The van der Waals surface area contributed by atoms with Gasteiger partial charge in [-0.1, -0.05) is 12.0 Å². The molecule has 0 atom stereocenters. The lowest BCUT2D eigenvalue weighted by molar-refractivity contribution is -0.124. The van der Waals surface area contributed by atoms with E-state index in [1.165, 1.54) is 24.3 Å². The van der Waals surface area contributed by atoms with Crippen molar-refractivity contribution < 1.29 is 18.8 Å². The monoisotopic (exact) mass is 352 g/mol. The highest BCUT2D eigenvalue weighted by Gasteiger charge is 2.11. The van der Waals surface area contributed by atoms with Crippen LogP contribution in [0.4, 0.5) is 10.1 Å².